The van der Waals surface area contributed by atoms with Gasteiger partial charge in [0.15, 0.2) is 0 Å². The van der Waals surface area contributed by atoms with Gasteiger partial charge in [-0.3, -0.25) is 19.2 Å². The second-order valence-corrected chi connectivity index (χ2v) is 8.01. The molecule has 0 aromatic rings. The molecule has 5 unspecified atom stereocenters. The standard InChI is InChI=1S/C18H35N5O6S/c1-10(18(28)29)21-16(26)13(6-4-5-8-19)22-17(27)14(11(2)24)23-15(25)12(20)7-9-30-3/h10-14,24H,4-9,19-20H2,1-3H3,(H,21,26)(H,22,27)(H,23,25)(H,28,29). The molecule has 0 fully saturated rings. The highest BCUT2D eigenvalue weighted by molar-refractivity contribution is 7.98. The molecule has 0 aliphatic heterocycles. The van der Waals surface area contributed by atoms with E-state index in [4.69, 9.17) is 16.6 Å². The molecule has 5 atom stereocenters. The van der Waals surface area contributed by atoms with Crippen LogP contribution in [0.1, 0.15) is 39.5 Å². The number of carbonyl (C=O) groups excluding carboxylic acids is 3. The molecule has 0 saturated carbocycles. The number of nitrogens with one attached hydrogen (secondary N) is 3. The van der Waals surface area contributed by atoms with Crippen molar-refractivity contribution in [2.24, 2.45) is 11.5 Å². The van der Waals surface area contributed by atoms with Gasteiger partial charge in [-0.2, -0.15) is 11.8 Å². The number of nitrogens with two attached hydrogens (primary N) is 2. The van der Waals surface area contributed by atoms with Crippen molar-refractivity contribution in [2.75, 3.05) is 18.6 Å². The Morgan fingerprint density at radius 1 is 0.967 bits per heavy atom. The third-order valence-corrected chi connectivity index (χ3v) is 4.99. The summed E-state index contributed by atoms with van der Waals surface area (Å²) in [5, 5.41) is 26.1. The Hall–Kier alpha value is -1.89. The van der Waals surface area contributed by atoms with Crippen LogP contribution in [0.5, 0.6) is 0 Å². The number of hydrogen-bond donors (Lipinski definition) is 7. The number of aliphatic carboxylic acids is 1. The predicted octanol–water partition coefficient (Wildman–Crippen LogP) is -1.86. The average molecular weight is 450 g/mol. The molecule has 174 valence electrons. The summed E-state index contributed by atoms with van der Waals surface area (Å²) in [4.78, 5) is 48.3. The molecule has 9 N–H and O–H groups in total. The van der Waals surface area contributed by atoms with E-state index in [0.29, 0.717) is 31.6 Å². The number of hydrogen-bond acceptors (Lipinski definition) is 8. The molecule has 0 saturated heterocycles. The number of aliphatic hydroxyl groups is 1. The Morgan fingerprint density at radius 2 is 1.60 bits per heavy atom. The van der Waals surface area contributed by atoms with E-state index in [1.54, 1.807) is 0 Å². The van der Waals surface area contributed by atoms with Crippen LogP contribution in [0.15, 0.2) is 0 Å². The topological polar surface area (TPSA) is 197 Å². The second-order valence-electron chi connectivity index (χ2n) is 7.03. The highest BCUT2D eigenvalue weighted by atomic mass is 32.2. The van der Waals surface area contributed by atoms with Gasteiger partial charge in [0.1, 0.15) is 18.1 Å². The summed E-state index contributed by atoms with van der Waals surface area (Å²) in [6, 6.07) is -4.35. The number of carboxylic acid groups (broad SMARTS) is 1. The summed E-state index contributed by atoms with van der Waals surface area (Å²) in [6.45, 7) is 3.02. The van der Waals surface area contributed by atoms with E-state index in [9.17, 15) is 24.3 Å². The van der Waals surface area contributed by atoms with Crippen molar-refractivity contribution < 1.29 is 29.4 Å². The number of amides is 3. The van der Waals surface area contributed by atoms with Crippen LogP contribution in [0, 0.1) is 0 Å². The maximum Gasteiger partial charge on any atom is 0.325 e. The third-order valence-electron chi connectivity index (χ3n) is 4.34. The minimum Gasteiger partial charge on any atom is -0.480 e. The first-order valence-corrected chi connectivity index (χ1v) is 11.2. The zero-order valence-corrected chi connectivity index (χ0v) is 18.5. The monoisotopic (exact) mass is 449 g/mol. The molecule has 12 heteroatoms. The Morgan fingerprint density at radius 3 is 2.10 bits per heavy atom. The number of thioether (sulfide) groups is 1. The van der Waals surface area contributed by atoms with Crippen molar-refractivity contribution in [1.82, 2.24) is 16.0 Å². The van der Waals surface area contributed by atoms with Crippen molar-refractivity contribution in [1.29, 1.82) is 0 Å². The molecular formula is C18H35N5O6S. The van der Waals surface area contributed by atoms with E-state index < -0.39 is 54.0 Å². The quantitative estimate of drug-likeness (QED) is 0.140. The van der Waals surface area contributed by atoms with Crippen LogP contribution in [0.3, 0.4) is 0 Å². The van der Waals surface area contributed by atoms with Gasteiger partial charge in [-0.05, 0) is 58.1 Å². The van der Waals surface area contributed by atoms with E-state index >= 15 is 0 Å². The van der Waals surface area contributed by atoms with Crippen LogP contribution in [-0.4, -0.2) is 82.7 Å². The van der Waals surface area contributed by atoms with Crippen molar-refractivity contribution in [3.8, 4) is 0 Å². The highest BCUT2D eigenvalue weighted by Crippen LogP contribution is 2.05. The highest BCUT2D eigenvalue weighted by Gasteiger charge is 2.31. The fourth-order valence-electron chi connectivity index (χ4n) is 2.44. The van der Waals surface area contributed by atoms with E-state index in [-0.39, 0.29) is 6.42 Å². The molecular weight excluding hydrogens is 414 g/mol. The lowest BCUT2D eigenvalue weighted by atomic mass is 10.1. The van der Waals surface area contributed by atoms with Crippen LogP contribution >= 0.6 is 11.8 Å². The summed E-state index contributed by atoms with van der Waals surface area (Å²) in [6.07, 6.45) is 2.37. The largest absolute Gasteiger partial charge is 0.480 e. The average Bonchev–Trinajstić information content (AvgIpc) is 2.68. The van der Waals surface area contributed by atoms with Crippen LogP contribution < -0.4 is 27.4 Å². The second kappa shape index (κ2) is 15.0. The molecule has 0 heterocycles. The Bertz CT molecular complexity index is 577. The third kappa shape index (κ3) is 10.8. The Kier molecular flexibility index (Phi) is 14.0. The summed E-state index contributed by atoms with van der Waals surface area (Å²) in [5.74, 6) is -2.60. The zero-order chi connectivity index (χ0) is 23.3. The van der Waals surface area contributed by atoms with Crippen molar-refractivity contribution in [3.05, 3.63) is 0 Å². The summed E-state index contributed by atoms with van der Waals surface area (Å²) < 4.78 is 0. The van der Waals surface area contributed by atoms with E-state index in [0.717, 1.165) is 0 Å². The Balaban J connectivity index is 5.20. The van der Waals surface area contributed by atoms with E-state index in [1.807, 2.05) is 6.26 Å². The van der Waals surface area contributed by atoms with Crippen molar-refractivity contribution in [2.45, 2.75) is 69.8 Å². The fourth-order valence-corrected chi connectivity index (χ4v) is 2.93. The first-order chi connectivity index (χ1) is 14.0. The lowest BCUT2D eigenvalue weighted by Crippen LogP contribution is -2.59. The normalized spacial score (nSPS) is 15.9. The van der Waals surface area contributed by atoms with Crippen LogP contribution in [0.2, 0.25) is 0 Å². The number of unbranched alkanes of at least 4 members (excludes halogenated alkanes) is 1. The summed E-state index contributed by atoms with van der Waals surface area (Å²) in [5.41, 5.74) is 11.3. The first-order valence-electron chi connectivity index (χ1n) is 9.81. The minimum atomic E-state index is -1.32. The van der Waals surface area contributed by atoms with Gasteiger partial charge >= 0.3 is 5.97 Å². The van der Waals surface area contributed by atoms with Gasteiger partial charge in [0, 0.05) is 0 Å². The molecule has 0 aromatic carbocycles. The number of carbonyl (C=O) groups is 4. The zero-order valence-electron chi connectivity index (χ0n) is 17.7. The van der Waals surface area contributed by atoms with Gasteiger partial charge in [-0.1, -0.05) is 0 Å². The van der Waals surface area contributed by atoms with Crippen molar-refractivity contribution >= 4 is 35.5 Å². The van der Waals surface area contributed by atoms with Crippen LogP contribution in [-0.2, 0) is 19.2 Å². The van der Waals surface area contributed by atoms with Gasteiger partial charge in [-0.25, -0.2) is 0 Å². The predicted molar refractivity (Wildman–Crippen MR) is 115 cm³/mol. The van der Waals surface area contributed by atoms with E-state index in [2.05, 4.69) is 16.0 Å². The first kappa shape index (κ1) is 28.1. The Labute approximate surface area is 181 Å². The lowest BCUT2D eigenvalue weighted by Gasteiger charge is -2.26. The molecule has 11 nitrogen and oxygen atoms in total. The minimum absolute atomic E-state index is 0.217. The molecule has 0 aromatic heterocycles. The van der Waals surface area contributed by atoms with Gasteiger partial charge in [0.05, 0.1) is 12.1 Å². The molecule has 0 radical (unpaired) electrons. The number of aliphatic hydroxyl groups excluding tert-OH is 1. The summed E-state index contributed by atoms with van der Waals surface area (Å²) >= 11 is 1.52. The maximum atomic E-state index is 12.7. The van der Waals surface area contributed by atoms with Crippen molar-refractivity contribution in [3.63, 3.8) is 0 Å². The fraction of sp³-hybridized carbons (Fsp3) is 0.778. The molecule has 0 bridgehead atoms. The SMILES string of the molecule is CSCCC(N)C(=O)NC(C(=O)NC(CCCCN)C(=O)NC(C)C(=O)O)C(C)O. The molecule has 0 aliphatic rings. The van der Waals surface area contributed by atoms with Gasteiger partial charge < -0.3 is 37.6 Å². The van der Waals surface area contributed by atoms with Crippen LogP contribution in [0.4, 0.5) is 0 Å². The van der Waals surface area contributed by atoms with E-state index in [1.165, 1.54) is 25.6 Å². The van der Waals surface area contributed by atoms with Gasteiger partial charge in [0.2, 0.25) is 17.7 Å². The summed E-state index contributed by atoms with van der Waals surface area (Å²) in [7, 11) is 0. The maximum absolute atomic E-state index is 12.7. The molecule has 0 aliphatic carbocycles. The van der Waals surface area contributed by atoms with Gasteiger partial charge in [0.25, 0.3) is 0 Å². The molecule has 3 amide bonds. The van der Waals surface area contributed by atoms with Crippen LogP contribution in [0.25, 0.3) is 0 Å². The number of rotatable bonds is 15. The van der Waals surface area contributed by atoms with Gasteiger partial charge in [-0.15, -0.1) is 0 Å². The number of carboxylic acids is 1. The lowest BCUT2D eigenvalue weighted by molar-refractivity contribution is -0.142. The smallest absolute Gasteiger partial charge is 0.325 e. The molecule has 0 spiro atoms. The molecule has 30 heavy (non-hydrogen) atoms. The molecule has 0 rings (SSSR count).